The maximum atomic E-state index is 6.04. The van der Waals surface area contributed by atoms with E-state index in [-0.39, 0.29) is 29.3 Å². The Bertz CT molecular complexity index is 229. The summed E-state index contributed by atoms with van der Waals surface area (Å²) in [5, 5.41) is 0. The lowest BCUT2D eigenvalue weighted by molar-refractivity contribution is -0.259. The summed E-state index contributed by atoms with van der Waals surface area (Å²) in [5.41, 5.74) is 0.0944. The molecule has 0 atom stereocenters. The third-order valence-electron chi connectivity index (χ3n) is 4.48. The van der Waals surface area contributed by atoms with Gasteiger partial charge in [-0.15, -0.1) is 0 Å². The van der Waals surface area contributed by atoms with Crippen molar-refractivity contribution in [2.75, 3.05) is 0 Å². The Labute approximate surface area is 114 Å². The molecule has 2 heteroatoms. The lowest BCUT2D eigenvalue weighted by Crippen LogP contribution is -2.49. The van der Waals surface area contributed by atoms with Crippen molar-refractivity contribution >= 4 is 0 Å². The van der Waals surface area contributed by atoms with Crippen LogP contribution < -0.4 is 0 Å². The lowest BCUT2D eigenvalue weighted by atomic mass is 9.61. The highest BCUT2D eigenvalue weighted by Gasteiger charge is 2.46. The Hall–Kier alpha value is -0.0800. The van der Waals surface area contributed by atoms with Crippen molar-refractivity contribution in [3.05, 3.63) is 0 Å². The molecular formula is C16H34O2. The number of ether oxygens (including phenoxy) is 2. The molecule has 0 saturated heterocycles. The van der Waals surface area contributed by atoms with Crippen LogP contribution in [-0.4, -0.2) is 18.5 Å². The molecule has 2 nitrogen and oxygen atoms in total. The fourth-order valence-corrected chi connectivity index (χ4v) is 1.91. The van der Waals surface area contributed by atoms with Crippen LogP contribution in [0.2, 0.25) is 0 Å². The Morgan fingerprint density at radius 2 is 0.944 bits per heavy atom. The first-order chi connectivity index (χ1) is 7.92. The number of rotatable bonds is 7. The molecule has 0 heterocycles. The van der Waals surface area contributed by atoms with Crippen LogP contribution in [0.1, 0.15) is 69.2 Å². The summed E-state index contributed by atoms with van der Waals surface area (Å²) in [6, 6.07) is 0. The summed E-state index contributed by atoms with van der Waals surface area (Å²) in [6.07, 6.45) is 0.182. The van der Waals surface area contributed by atoms with Gasteiger partial charge >= 0.3 is 0 Å². The zero-order valence-electron chi connectivity index (χ0n) is 14.1. The Morgan fingerprint density at radius 3 is 1.17 bits per heavy atom. The van der Waals surface area contributed by atoms with Crippen molar-refractivity contribution in [1.82, 2.24) is 0 Å². The molecular weight excluding hydrogens is 224 g/mol. The zero-order valence-corrected chi connectivity index (χ0v) is 14.1. The SMILES string of the molecule is CC(C)OC(OC(C)C)C(C)(C)C(C)(C)C(C)C. The summed E-state index contributed by atoms with van der Waals surface area (Å²) < 4.78 is 12.1. The molecule has 0 spiro atoms. The van der Waals surface area contributed by atoms with Crippen molar-refractivity contribution in [2.24, 2.45) is 16.7 Å². The highest BCUT2D eigenvalue weighted by Crippen LogP contribution is 2.48. The Kier molecular flexibility index (Phi) is 6.35. The highest BCUT2D eigenvalue weighted by atomic mass is 16.7. The second-order valence-electron chi connectivity index (χ2n) is 7.30. The second kappa shape index (κ2) is 6.38. The molecule has 0 fully saturated rings. The molecule has 0 aromatic heterocycles. The molecule has 0 aliphatic carbocycles. The quantitative estimate of drug-likeness (QED) is 0.606. The maximum absolute atomic E-state index is 6.04. The largest absolute Gasteiger partial charge is 0.349 e. The fraction of sp³-hybridized carbons (Fsp3) is 1.00. The van der Waals surface area contributed by atoms with E-state index < -0.39 is 0 Å². The van der Waals surface area contributed by atoms with Crippen LogP contribution in [0.15, 0.2) is 0 Å². The summed E-state index contributed by atoms with van der Waals surface area (Å²) in [6.45, 7) is 21.9. The van der Waals surface area contributed by atoms with Gasteiger partial charge in [0.2, 0.25) is 0 Å². The van der Waals surface area contributed by atoms with Crippen LogP contribution in [0.3, 0.4) is 0 Å². The lowest BCUT2D eigenvalue weighted by Gasteiger charge is -2.49. The van der Waals surface area contributed by atoms with Gasteiger partial charge < -0.3 is 9.47 Å². The molecule has 0 amide bonds. The standard InChI is InChI=1S/C16H34O2/c1-11(2)15(7,8)16(9,10)14(17-12(3)4)18-13(5)6/h11-14H,1-10H3. The summed E-state index contributed by atoms with van der Waals surface area (Å²) in [7, 11) is 0. The van der Waals surface area contributed by atoms with Gasteiger partial charge in [0, 0.05) is 5.41 Å². The minimum Gasteiger partial charge on any atom is -0.349 e. The van der Waals surface area contributed by atoms with Gasteiger partial charge in [-0.1, -0.05) is 41.5 Å². The molecule has 0 rings (SSSR count). The first kappa shape index (κ1) is 17.9. The average molecular weight is 258 g/mol. The van der Waals surface area contributed by atoms with Crippen molar-refractivity contribution < 1.29 is 9.47 Å². The molecule has 110 valence electrons. The van der Waals surface area contributed by atoms with Gasteiger partial charge in [0.15, 0.2) is 6.29 Å². The molecule has 0 radical (unpaired) electrons. The molecule has 0 aliphatic rings. The van der Waals surface area contributed by atoms with Crippen molar-refractivity contribution in [1.29, 1.82) is 0 Å². The molecule has 18 heavy (non-hydrogen) atoms. The molecule has 0 bridgehead atoms. The van der Waals surface area contributed by atoms with E-state index in [0.29, 0.717) is 5.92 Å². The molecule has 0 saturated carbocycles. The predicted octanol–water partition coefficient (Wildman–Crippen LogP) is 4.87. The number of hydrogen-bond acceptors (Lipinski definition) is 2. The first-order valence-corrected chi connectivity index (χ1v) is 7.23. The predicted molar refractivity (Wildman–Crippen MR) is 78.6 cm³/mol. The topological polar surface area (TPSA) is 18.5 Å². The summed E-state index contributed by atoms with van der Waals surface area (Å²) >= 11 is 0. The summed E-state index contributed by atoms with van der Waals surface area (Å²) in [5.74, 6) is 0.571. The van der Waals surface area contributed by atoms with E-state index >= 15 is 0 Å². The molecule has 0 N–H and O–H groups in total. The van der Waals surface area contributed by atoms with Crippen LogP contribution in [0.4, 0.5) is 0 Å². The van der Waals surface area contributed by atoms with Gasteiger partial charge in [-0.2, -0.15) is 0 Å². The van der Waals surface area contributed by atoms with Crippen LogP contribution in [-0.2, 0) is 9.47 Å². The van der Waals surface area contributed by atoms with Gasteiger partial charge in [0.05, 0.1) is 12.2 Å². The van der Waals surface area contributed by atoms with E-state index in [1.807, 2.05) is 0 Å². The van der Waals surface area contributed by atoms with Gasteiger partial charge in [0.1, 0.15) is 0 Å². The summed E-state index contributed by atoms with van der Waals surface area (Å²) in [4.78, 5) is 0. The van der Waals surface area contributed by atoms with Crippen LogP contribution in [0.5, 0.6) is 0 Å². The van der Waals surface area contributed by atoms with Crippen molar-refractivity contribution in [3.63, 3.8) is 0 Å². The monoisotopic (exact) mass is 258 g/mol. The van der Waals surface area contributed by atoms with E-state index in [1.54, 1.807) is 0 Å². The minimum atomic E-state index is -0.171. The van der Waals surface area contributed by atoms with E-state index in [0.717, 1.165) is 0 Å². The van der Waals surface area contributed by atoms with Gasteiger partial charge in [-0.3, -0.25) is 0 Å². The van der Waals surface area contributed by atoms with Crippen LogP contribution in [0, 0.1) is 16.7 Å². The van der Waals surface area contributed by atoms with Crippen LogP contribution >= 0.6 is 0 Å². The molecule has 0 aromatic carbocycles. The van der Waals surface area contributed by atoms with Gasteiger partial charge in [-0.25, -0.2) is 0 Å². The van der Waals surface area contributed by atoms with E-state index in [9.17, 15) is 0 Å². The molecule has 0 aromatic rings. The third-order valence-corrected chi connectivity index (χ3v) is 4.48. The minimum absolute atomic E-state index is 0.0459. The van der Waals surface area contributed by atoms with Gasteiger partial charge in [-0.05, 0) is 39.0 Å². The fourth-order valence-electron chi connectivity index (χ4n) is 1.91. The normalized spacial score (nSPS) is 14.3. The van der Waals surface area contributed by atoms with Gasteiger partial charge in [0.25, 0.3) is 0 Å². The Morgan fingerprint density at radius 1 is 0.611 bits per heavy atom. The van der Waals surface area contributed by atoms with E-state index in [2.05, 4.69) is 69.2 Å². The van der Waals surface area contributed by atoms with Crippen molar-refractivity contribution in [2.45, 2.75) is 87.7 Å². The zero-order chi connectivity index (χ0) is 14.7. The van der Waals surface area contributed by atoms with Crippen LogP contribution in [0.25, 0.3) is 0 Å². The third kappa shape index (κ3) is 4.24. The highest BCUT2D eigenvalue weighted by molar-refractivity contribution is 4.91. The molecule has 0 aliphatic heterocycles. The number of hydrogen-bond donors (Lipinski definition) is 0. The average Bonchev–Trinajstić information content (AvgIpc) is 2.14. The van der Waals surface area contributed by atoms with Crippen molar-refractivity contribution in [3.8, 4) is 0 Å². The first-order valence-electron chi connectivity index (χ1n) is 7.23. The second-order valence-corrected chi connectivity index (χ2v) is 7.30. The molecule has 0 unspecified atom stereocenters. The Balaban J connectivity index is 5.17. The smallest absolute Gasteiger partial charge is 0.163 e. The van der Waals surface area contributed by atoms with E-state index in [1.165, 1.54) is 0 Å². The van der Waals surface area contributed by atoms with E-state index in [4.69, 9.17) is 9.47 Å². The maximum Gasteiger partial charge on any atom is 0.163 e.